The number of ether oxygens (including phenoxy) is 3. The molecule has 0 aromatic carbocycles. The summed E-state index contributed by atoms with van der Waals surface area (Å²) in [6.45, 7) is 2.21. The van der Waals surface area contributed by atoms with Crippen molar-refractivity contribution in [2.24, 2.45) is 16.7 Å². The molecule has 0 unspecified atom stereocenters. The monoisotopic (exact) mass is 588 g/mol. The minimum Gasteiger partial charge on any atom is -0.479 e. The summed E-state index contributed by atoms with van der Waals surface area (Å²) < 4.78 is 21.6. The minimum atomic E-state index is -2.60. The van der Waals surface area contributed by atoms with E-state index in [0.29, 0.717) is 5.56 Å². The molecule has 1 aromatic heterocycles. The molecule has 0 amide bonds. The number of fused-ring (bicyclic) bond motifs is 1. The van der Waals surface area contributed by atoms with Crippen LogP contribution in [0, 0.1) is 16.7 Å². The quantitative estimate of drug-likeness (QED) is 0.167. The van der Waals surface area contributed by atoms with Crippen LogP contribution in [0.4, 0.5) is 0 Å². The molecule has 0 bridgehead atoms. The van der Waals surface area contributed by atoms with Crippen LogP contribution in [0.3, 0.4) is 0 Å². The standard InChI is InChI=1S/C27H40O14/c1-24(9-14(29)13-6-8-39-12-13)16-5-4-7-26(36,23(35)38-3)25(16,2)17(10-27(24,37)22(33)34)41-21-20(32)19(31)18(30)15(11-28)40-21/h6,8,12,14-21,28-32,36-37H,4-5,7,9-11H2,1-3H3,(H,33,34)/t14-,15+,16-,17-,18+,19-,20+,21-,24-,25-,26-,27+/m0/s1. The second kappa shape index (κ2) is 11.2. The third-order valence-electron chi connectivity index (χ3n) is 10.1. The molecule has 3 fully saturated rings. The molecule has 232 valence electrons. The van der Waals surface area contributed by atoms with Gasteiger partial charge in [-0.1, -0.05) is 13.8 Å². The highest BCUT2D eigenvalue weighted by Gasteiger charge is 2.75. The summed E-state index contributed by atoms with van der Waals surface area (Å²) in [6, 6.07) is 1.49. The molecule has 2 heterocycles. The summed E-state index contributed by atoms with van der Waals surface area (Å²) in [5, 5.41) is 86.3. The van der Waals surface area contributed by atoms with Gasteiger partial charge in [0.1, 0.15) is 24.4 Å². The molecule has 8 N–H and O–H groups in total. The Morgan fingerprint density at radius 3 is 2.37 bits per heavy atom. The highest BCUT2D eigenvalue weighted by molar-refractivity contribution is 5.82. The molecular weight excluding hydrogens is 548 g/mol. The van der Waals surface area contributed by atoms with E-state index < -0.39 is 95.8 Å². The fraction of sp³-hybridized carbons (Fsp3) is 0.778. The van der Waals surface area contributed by atoms with Gasteiger partial charge >= 0.3 is 11.9 Å². The topological polar surface area (TPSA) is 237 Å². The molecule has 3 aliphatic rings. The summed E-state index contributed by atoms with van der Waals surface area (Å²) in [4.78, 5) is 26.0. The third kappa shape index (κ3) is 4.69. The van der Waals surface area contributed by atoms with Crippen LogP contribution in [0.15, 0.2) is 23.0 Å². The summed E-state index contributed by atoms with van der Waals surface area (Å²) in [6.07, 6.45) is -9.41. The van der Waals surface area contributed by atoms with Crippen molar-refractivity contribution in [3.8, 4) is 0 Å². The molecule has 1 aromatic rings. The molecule has 4 rings (SSSR count). The molecular formula is C27H40O14. The SMILES string of the molecule is COC(=O)[C@@]1(O)CCC[C@@H]2[C@@]1(C)[C@@H](O[C@@H]1O[C@H](CO)[C@@H](O)[C@H](O)[C@H]1O)C[C@@](O)(C(=O)O)[C@@]2(C)C[C@H](O)c1ccoc1. The smallest absolute Gasteiger partial charge is 0.338 e. The van der Waals surface area contributed by atoms with Gasteiger partial charge in [0, 0.05) is 22.8 Å². The number of furan rings is 1. The average Bonchev–Trinajstić information content (AvgIpc) is 3.48. The number of aliphatic hydroxyl groups excluding tert-OH is 5. The lowest BCUT2D eigenvalue weighted by molar-refractivity contribution is -0.355. The molecule has 0 spiro atoms. The van der Waals surface area contributed by atoms with Crippen molar-refractivity contribution in [2.45, 2.75) is 100 Å². The van der Waals surface area contributed by atoms with Gasteiger partial charge in [0.05, 0.1) is 38.5 Å². The second-order valence-corrected chi connectivity index (χ2v) is 12.0. The van der Waals surface area contributed by atoms with Crippen LogP contribution in [-0.4, -0.2) is 115 Å². The molecule has 14 nitrogen and oxygen atoms in total. The zero-order chi connectivity index (χ0) is 30.5. The van der Waals surface area contributed by atoms with E-state index in [0.717, 1.165) is 7.11 Å². The summed E-state index contributed by atoms with van der Waals surface area (Å²) in [5.74, 6) is -3.67. The Hall–Kier alpha value is -2.14. The summed E-state index contributed by atoms with van der Waals surface area (Å²) in [7, 11) is 1.08. The van der Waals surface area contributed by atoms with Crippen LogP contribution < -0.4 is 0 Å². The maximum atomic E-state index is 13.2. The fourth-order valence-corrected chi connectivity index (χ4v) is 7.54. The number of carbonyl (C=O) groups excluding carboxylic acids is 1. The number of carboxylic acids is 1. The van der Waals surface area contributed by atoms with Gasteiger partial charge in [-0.2, -0.15) is 0 Å². The van der Waals surface area contributed by atoms with E-state index >= 15 is 0 Å². The maximum absolute atomic E-state index is 13.2. The van der Waals surface area contributed by atoms with Crippen molar-refractivity contribution >= 4 is 11.9 Å². The molecule has 1 saturated heterocycles. The highest BCUT2D eigenvalue weighted by Crippen LogP contribution is 2.67. The number of aliphatic hydroxyl groups is 7. The molecule has 2 saturated carbocycles. The van der Waals surface area contributed by atoms with Gasteiger partial charge in [-0.15, -0.1) is 0 Å². The van der Waals surface area contributed by atoms with Crippen LogP contribution in [-0.2, 0) is 23.8 Å². The predicted molar refractivity (Wildman–Crippen MR) is 135 cm³/mol. The van der Waals surface area contributed by atoms with Crippen LogP contribution in [0.1, 0.15) is 57.6 Å². The molecule has 41 heavy (non-hydrogen) atoms. The van der Waals surface area contributed by atoms with E-state index in [1.807, 2.05) is 0 Å². The molecule has 2 aliphatic carbocycles. The Balaban J connectivity index is 1.85. The Morgan fingerprint density at radius 2 is 1.80 bits per heavy atom. The fourth-order valence-electron chi connectivity index (χ4n) is 7.54. The van der Waals surface area contributed by atoms with Crippen LogP contribution in [0.2, 0.25) is 0 Å². The van der Waals surface area contributed by atoms with Gasteiger partial charge in [-0.3, -0.25) is 0 Å². The lowest BCUT2D eigenvalue weighted by Crippen LogP contribution is -2.76. The van der Waals surface area contributed by atoms with Crippen molar-refractivity contribution in [3.63, 3.8) is 0 Å². The van der Waals surface area contributed by atoms with E-state index in [1.165, 1.54) is 32.4 Å². The first kappa shape index (κ1) is 31.8. The van der Waals surface area contributed by atoms with Crippen LogP contribution in [0.25, 0.3) is 0 Å². The van der Waals surface area contributed by atoms with Gasteiger partial charge in [-0.25, -0.2) is 9.59 Å². The van der Waals surface area contributed by atoms with Crippen molar-refractivity contribution in [2.75, 3.05) is 13.7 Å². The first-order valence-corrected chi connectivity index (χ1v) is 13.5. The van der Waals surface area contributed by atoms with Gasteiger partial charge < -0.3 is 59.5 Å². The number of carbonyl (C=O) groups is 2. The number of carboxylic acid groups (broad SMARTS) is 1. The van der Waals surface area contributed by atoms with Gasteiger partial charge in [0.2, 0.25) is 0 Å². The zero-order valence-corrected chi connectivity index (χ0v) is 23.1. The second-order valence-electron chi connectivity index (χ2n) is 12.0. The Bertz CT molecular complexity index is 1090. The number of methoxy groups -OCH3 is 1. The van der Waals surface area contributed by atoms with Gasteiger partial charge in [0.25, 0.3) is 0 Å². The molecule has 1 aliphatic heterocycles. The number of hydrogen-bond donors (Lipinski definition) is 8. The molecule has 0 radical (unpaired) electrons. The largest absolute Gasteiger partial charge is 0.479 e. The minimum absolute atomic E-state index is 0.104. The van der Waals surface area contributed by atoms with E-state index in [4.69, 9.17) is 18.6 Å². The van der Waals surface area contributed by atoms with Crippen LogP contribution >= 0.6 is 0 Å². The Morgan fingerprint density at radius 1 is 1.12 bits per heavy atom. The highest BCUT2D eigenvalue weighted by atomic mass is 16.7. The molecule has 12 atom stereocenters. The number of hydrogen-bond acceptors (Lipinski definition) is 13. The lowest BCUT2D eigenvalue weighted by atomic mass is 9.40. The Labute approximate surface area is 236 Å². The maximum Gasteiger partial charge on any atom is 0.338 e. The van der Waals surface area contributed by atoms with Gasteiger partial charge in [-0.05, 0) is 37.7 Å². The first-order valence-electron chi connectivity index (χ1n) is 13.5. The van der Waals surface area contributed by atoms with E-state index in [2.05, 4.69) is 0 Å². The third-order valence-corrected chi connectivity index (χ3v) is 10.1. The Kier molecular flexibility index (Phi) is 8.66. The molecule has 14 heteroatoms. The lowest BCUT2D eigenvalue weighted by Gasteiger charge is -2.66. The van der Waals surface area contributed by atoms with Crippen molar-refractivity contribution in [3.05, 3.63) is 24.2 Å². The van der Waals surface area contributed by atoms with Gasteiger partial charge in [0.15, 0.2) is 17.5 Å². The van der Waals surface area contributed by atoms with Crippen molar-refractivity contribution in [1.29, 1.82) is 0 Å². The van der Waals surface area contributed by atoms with E-state index in [1.54, 1.807) is 0 Å². The predicted octanol–water partition coefficient (Wildman–Crippen LogP) is -1.18. The summed E-state index contributed by atoms with van der Waals surface area (Å²) >= 11 is 0. The number of esters is 1. The summed E-state index contributed by atoms with van der Waals surface area (Å²) in [5.41, 5.74) is -7.93. The normalized spacial score (nSPS) is 45.5. The average molecular weight is 589 g/mol. The first-order chi connectivity index (χ1) is 19.1. The number of aliphatic carboxylic acids is 1. The van der Waals surface area contributed by atoms with E-state index in [9.17, 15) is 50.4 Å². The van der Waals surface area contributed by atoms with E-state index in [-0.39, 0.29) is 25.7 Å². The van der Waals surface area contributed by atoms with Crippen molar-refractivity contribution < 1.29 is 69.1 Å². The van der Waals surface area contributed by atoms with Crippen molar-refractivity contribution in [1.82, 2.24) is 0 Å². The van der Waals surface area contributed by atoms with Crippen LogP contribution in [0.5, 0.6) is 0 Å². The number of rotatable bonds is 8. The zero-order valence-electron chi connectivity index (χ0n) is 23.1.